The number of ether oxygens (including phenoxy) is 2. The predicted octanol–water partition coefficient (Wildman–Crippen LogP) is 2.75. The highest BCUT2D eigenvalue weighted by Gasteiger charge is 2.06. The van der Waals surface area contributed by atoms with E-state index in [1.807, 2.05) is 12.1 Å². The van der Waals surface area contributed by atoms with Crippen LogP contribution >= 0.6 is 0 Å². The summed E-state index contributed by atoms with van der Waals surface area (Å²) in [5, 5.41) is 8.81. The van der Waals surface area contributed by atoms with E-state index in [0.717, 1.165) is 0 Å². The summed E-state index contributed by atoms with van der Waals surface area (Å²) in [5.41, 5.74) is 0.543. The van der Waals surface area contributed by atoms with Crippen molar-refractivity contribution in [3.05, 3.63) is 54.1 Å². The van der Waals surface area contributed by atoms with Crippen LogP contribution < -0.4 is 9.47 Å². The minimum absolute atomic E-state index is 0.318. The van der Waals surface area contributed by atoms with Crippen molar-refractivity contribution in [1.82, 2.24) is 0 Å². The highest BCUT2D eigenvalue weighted by molar-refractivity contribution is 7.85. The first-order chi connectivity index (χ1) is 10.2. The van der Waals surface area contributed by atoms with Gasteiger partial charge in [-0.1, -0.05) is 12.1 Å². The van der Waals surface area contributed by atoms with Crippen LogP contribution in [-0.4, -0.2) is 23.7 Å². The standard InChI is InChI=1S/C16H15NO3S/c1-19-14-5-3-7-16(11-14)21(18)9-8-20-15-6-2-4-13(10-15)12-17/h2-7,10-11H,8-9H2,1H3. The first-order valence-corrected chi connectivity index (χ1v) is 7.70. The van der Waals surface area contributed by atoms with Crippen LogP contribution in [-0.2, 0) is 10.8 Å². The Morgan fingerprint density at radius 3 is 2.67 bits per heavy atom. The highest BCUT2D eigenvalue weighted by Crippen LogP contribution is 2.16. The molecule has 0 aliphatic rings. The average Bonchev–Trinajstić information content (AvgIpc) is 2.55. The maximum absolute atomic E-state index is 12.1. The van der Waals surface area contributed by atoms with Crippen LogP contribution in [0.5, 0.6) is 11.5 Å². The van der Waals surface area contributed by atoms with Crippen molar-refractivity contribution in [2.75, 3.05) is 19.5 Å². The minimum Gasteiger partial charge on any atom is -0.497 e. The molecular formula is C16H15NO3S. The molecule has 0 aliphatic heterocycles. The second-order valence-electron chi connectivity index (χ2n) is 4.22. The molecular weight excluding hydrogens is 286 g/mol. The molecule has 21 heavy (non-hydrogen) atoms. The molecule has 0 heterocycles. The molecule has 5 heteroatoms. The van der Waals surface area contributed by atoms with Gasteiger partial charge in [0.2, 0.25) is 0 Å². The molecule has 0 spiro atoms. The van der Waals surface area contributed by atoms with E-state index in [1.165, 1.54) is 0 Å². The predicted molar refractivity (Wildman–Crippen MR) is 80.9 cm³/mol. The van der Waals surface area contributed by atoms with E-state index in [-0.39, 0.29) is 0 Å². The first-order valence-electron chi connectivity index (χ1n) is 6.38. The number of methoxy groups -OCH3 is 1. The molecule has 0 saturated heterocycles. The maximum Gasteiger partial charge on any atom is 0.120 e. The molecule has 0 bridgehead atoms. The van der Waals surface area contributed by atoms with Gasteiger partial charge in [0, 0.05) is 4.90 Å². The number of hydrogen-bond acceptors (Lipinski definition) is 4. The lowest BCUT2D eigenvalue weighted by molar-refractivity contribution is 0.342. The molecule has 108 valence electrons. The fourth-order valence-corrected chi connectivity index (χ4v) is 2.70. The average molecular weight is 301 g/mol. The third-order valence-corrected chi connectivity index (χ3v) is 4.12. The van der Waals surface area contributed by atoms with Gasteiger partial charge in [-0.25, -0.2) is 0 Å². The zero-order valence-corrected chi connectivity index (χ0v) is 12.4. The zero-order chi connectivity index (χ0) is 15.1. The Morgan fingerprint density at radius 2 is 1.90 bits per heavy atom. The fraction of sp³-hybridized carbons (Fsp3) is 0.188. The first kappa shape index (κ1) is 15.1. The highest BCUT2D eigenvalue weighted by atomic mass is 32.2. The Hall–Kier alpha value is -2.32. The molecule has 1 atom stereocenters. The molecule has 0 N–H and O–H groups in total. The summed E-state index contributed by atoms with van der Waals surface area (Å²) < 4.78 is 22.8. The fourth-order valence-electron chi connectivity index (χ4n) is 1.75. The summed E-state index contributed by atoms with van der Waals surface area (Å²) in [6.07, 6.45) is 0. The van der Waals surface area contributed by atoms with Crippen molar-refractivity contribution in [2.24, 2.45) is 0 Å². The Labute approximate surface area is 126 Å². The van der Waals surface area contributed by atoms with E-state index in [1.54, 1.807) is 43.5 Å². The van der Waals surface area contributed by atoms with Crippen molar-refractivity contribution in [1.29, 1.82) is 5.26 Å². The molecule has 0 saturated carbocycles. The summed E-state index contributed by atoms with van der Waals surface area (Å²) in [5.74, 6) is 1.67. The van der Waals surface area contributed by atoms with Crippen LogP contribution in [0.2, 0.25) is 0 Å². The van der Waals surface area contributed by atoms with Gasteiger partial charge in [-0.2, -0.15) is 5.26 Å². The second kappa shape index (κ2) is 7.46. The number of nitrogens with zero attached hydrogens (tertiary/aromatic N) is 1. The van der Waals surface area contributed by atoms with Crippen LogP contribution in [0, 0.1) is 11.3 Å². The summed E-state index contributed by atoms with van der Waals surface area (Å²) in [4.78, 5) is 0.712. The van der Waals surface area contributed by atoms with E-state index in [9.17, 15) is 4.21 Å². The molecule has 0 aliphatic carbocycles. The van der Waals surface area contributed by atoms with E-state index < -0.39 is 10.8 Å². The number of benzene rings is 2. The molecule has 0 fully saturated rings. The Bertz CT molecular complexity index is 679. The van der Waals surface area contributed by atoms with E-state index >= 15 is 0 Å². The molecule has 0 amide bonds. The van der Waals surface area contributed by atoms with Crippen LogP contribution in [0.1, 0.15) is 5.56 Å². The second-order valence-corrected chi connectivity index (χ2v) is 5.79. The molecule has 2 rings (SSSR count). The smallest absolute Gasteiger partial charge is 0.120 e. The monoisotopic (exact) mass is 301 g/mol. The van der Waals surface area contributed by atoms with Gasteiger partial charge in [0.1, 0.15) is 18.1 Å². The maximum atomic E-state index is 12.1. The Balaban J connectivity index is 1.90. The Kier molecular flexibility index (Phi) is 5.35. The third-order valence-electron chi connectivity index (χ3n) is 2.80. The van der Waals surface area contributed by atoms with Gasteiger partial charge >= 0.3 is 0 Å². The SMILES string of the molecule is COc1cccc(S(=O)CCOc2cccc(C#N)c2)c1. The van der Waals surface area contributed by atoms with Crippen molar-refractivity contribution >= 4 is 10.8 Å². The third kappa shape index (κ3) is 4.33. The molecule has 0 radical (unpaired) electrons. The van der Waals surface area contributed by atoms with Crippen molar-refractivity contribution in [3.8, 4) is 17.6 Å². The lowest BCUT2D eigenvalue weighted by Gasteiger charge is -2.07. The van der Waals surface area contributed by atoms with E-state index in [2.05, 4.69) is 6.07 Å². The topological polar surface area (TPSA) is 59.3 Å². The van der Waals surface area contributed by atoms with Crippen molar-refractivity contribution in [3.63, 3.8) is 0 Å². The van der Waals surface area contributed by atoms with E-state index in [0.29, 0.717) is 34.3 Å². The molecule has 1 unspecified atom stereocenters. The van der Waals surface area contributed by atoms with Crippen LogP contribution in [0.15, 0.2) is 53.4 Å². The number of nitriles is 1. The van der Waals surface area contributed by atoms with Gasteiger partial charge in [-0.3, -0.25) is 4.21 Å². The van der Waals surface area contributed by atoms with Crippen LogP contribution in [0.25, 0.3) is 0 Å². The Morgan fingerprint density at radius 1 is 1.14 bits per heavy atom. The molecule has 2 aromatic carbocycles. The van der Waals surface area contributed by atoms with Gasteiger partial charge in [-0.15, -0.1) is 0 Å². The molecule has 0 aromatic heterocycles. The minimum atomic E-state index is -1.15. The van der Waals surface area contributed by atoms with Crippen LogP contribution in [0.3, 0.4) is 0 Å². The van der Waals surface area contributed by atoms with Gasteiger partial charge in [0.05, 0.1) is 35.3 Å². The quantitative estimate of drug-likeness (QED) is 0.823. The summed E-state index contributed by atoms with van der Waals surface area (Å²) in [6, 6.07) is 16.1. The van der Waals surface area contributed by atoms with Crippen molar-refractivity contribution < 1.29 is 13.7 Å². The normalized spacial score (nSPS) is 11.4. The van der Waals surface area contributed by atoms with Crippen LogP contribution in [0.4, 0.5) is 0 Å². The molecule has 2 aromatic rings. The molecule has 4 nitrogen and oxygen atoms in total. The lowest BCUT2D eigenvalue weighted by atomic mass is 10.2. The largest absolute Gasteiger partial charge is 0.497 e. The van der Waals surface area contributed by atoms with Gasteiger partial charge in [-0.05, 0) is 36.4 Å². The van der Waals surface area contributed by atoms with Crippen molar-refractivity contribution in [2.45, 2.75) is 4.90 Å². The zero-order valence-electron chi connectivity index (χ0n) is 11.6. The number of hydrogen-bond donors (Lipinski definition) is 0. The van der Waals surface area contributed by atoms with Gasteiger partial charge in [0.15, 0.2) is 0 Å². The summed E-state index contributed by atoms with van der Waals surface area (Å²) in [6.45, 7) is 0.318. The van der Waals surface area contributed by atoms with E-state index in [4.69, 9.17) is 14.7 Å². The summed E-state index contributed by atoms with van der Waals surface area (Å²) in [7, 11) is 0.431. The lowest BCUT2D eigenvalue weighted by Crippen LogP contribution is -2.08. The summed E-state index contributed by atoms with van der Waals surface area (Å²) >= 11 is 0. The van der Waals surface area contributed by atoms with Gasteiger partial charge < -0.3 is 9.47 Å². The van der Waals surface area contributed by atoms with Gasteiger partial charge in [0.25, 0.3) is 0 Å². The number of rotatable bonds is 6.